The van der Waals surface area contributed by atoms with Crippen molar-refractivity contribution in [1.29, 1.82) is 0 Å². The first-order valence-corrected chi connectivity index (χ1v) is 8.00. The molecule has 2 rings (SSSR count). The van der Waals surface area contributed by atoms with Gasteiger partial charge < -0.3 is 9.84 Å². The number of amides is 1. The summed E-state index contributed by atoms with van der Waals surface area (Å²) in [6.45, 7) is 0.182. The van der Waals surface area contributed by atoms with Crippen LogP contribution in [-0.2, 0) is 19.6 Å². The predicted octanol–water partition coefficient (Wildman–Crippen LogP) is 1.10. The standard InChI is InChI=1S/C13H16N2O6S/c1-21-13(18)14-9-4-6-10(7-5-9)22(19,20)15-8-2-3-11(15)12(16)17/h4-7,11H,2-3,8H2,1H3,(H,14,18)(H,16,17)/t11-/m1/s1. The Morgan fingerprint density at radius 1 is 1.32 bits per heavy atom. The second-order valence-electron chi connectivity index (χ2n) is 4.75. The molecule has 0 aromatic heterocycles. The Morgan fingerprint density at radius 3 is 2.50 bits per heavy atom. The van der Waals surface area contributed by atoms with Crippen molar-refractivity contribution in [3.63, 3.8) is 0 Å². The number of rotatable bonds is 4. The van der Waals surface area contributed by atoms with Crippen molar-refractivity contribution < 1.29 is 27.9 Å². The van der Waals surface area contributed by atoms with E-state index in [0.717, 1.165) is 4.31 Å². The molecule has 0 saturated carbocycles. The highest BCUT2D eigenvalue weighted by molar-refractivity contribution is 7.89. The largest absolute Gasteiger partial charge is 0.480 e. The highest BCUT2D eigenvalue weighted by Crippen LogP contribution is 2.26. The van der Waals surface area contributed by atoms with Crippen LogP contribution in [0.15, 0.2) is 29.2 Å². The van der Waals surface area contributed by atoms with E-state index in [1.165, 1.54) is 31.4 Å². The molecule has 9 heteroatoms. The van der Waals surface area contributed by atoms with Crippen LogP contribution in [0, 0.1) is 0 Å². The molecule has 0 unspecified atom stereocenters. The molecule has 1 aromatic rings. The van der Waals surface area contributed by atoms with Crippen molar-refractivity contribution in [3.8, 4) is 0 Å². The Kier molecular flexibility index (Phi) is 4.67. The van der Waals surface area contributed by atoms with Crippen LogP contribution in [0.1, 0.15) is 12.8 Å². The molecule has 2 N–H and O–H groups in total. The number of ether oxygens (including phenoxy) is 1. The summed E-state index contributed by atoms with van der Waals surface area (Å²) < 4.78 is 30.4. The van der Waals surface area contributed by atoms with E-state index in [9.17, 15) is 18.0 Å². The van der Waals surface area contributed by atoms with Crippen LogP contribution in [-0.4, -0.2) is 49.6 Å². The first-order valence-electron chi connectivity index (χ1n) is 6.56. The maximum Gasteiger partial charge on any atom is 0.411 e. The highest BCUT2D eigenvalue weighted by atomic mass is 32.2. The predicted molar refractivity (Wildman–Crippen MR) is 77.0 cm³/mol. The van der Waals surface area contributed by atoms with Crippen LogP contribution >= 0.6 is 0 Å². The van der Waals surface area contributed by atoms with Gasteiger partial charge in [-0.25, -0.2) is 13.2 Å². The summed E-state index contributed by atoms with van der Waals surface area (Å²) in [6, 6.07) is 4.43. The minimum Gasteiger partial charge on any atom is -0.480 e. The maximum absolute atomic E-state index is 12.5. The van der Waals surface area contributed by atoms with Gasteiger partial charge in [-0.2, -0.15) is 4.31 Å². The molecule has 120 valence electrons. The molecule has 8 nitrogen and oxygen atoms in total. The van der Waals surface area contributed by atoms with Crippen LogP contribution < -0.4 is 5.32 Å². The topological polar surface area (TPSA) is 113 Å². The minimum atomic E-state index is -3.88. The number of nitrogens with one attached hydrogen (secondary N) is 1. The van der Waals surface area contributed by atoms with E-state index in [1.807, 2.05) is 0 Å². The van der Waals surface area contributed by atoms with Crippen LogP contribution in [0.2, 0.25) is 0 Å². The Balaban J connectivity index is 2.23. The normalized spacial score (nSPS) is 18.9. The summed E-state index contributed by atoms with van der Waals surface area (Å²) in [5.41, 5.74) is 0.377. The molecule has 22 heavy (non-hydrogen) atoms. The van der Waals surface area contributed by atoms with Gasteiger partial charge in [0.25, 0.3) is 0 Å². The summed E-state index contributed by atoms with van der Waals surface area (Å²) in [6.07, 6.45) is 0.149. The lowest BCUT2D eigenvalue weighted by Gasteiger charge is -2.21. The van der Waals surface area contributed by atoms with Gasteiger partial charge in [-0.3, -0.25) is 10.1 Å². The van der Waals surface area contributed by atoms with Gasteiger partial charge in [0, 0.05) is 12.2 Å². The van der Waals surface area contributed by atoms with Crippen molar-refractivity contribution in [2.75, 3.05) is 19.0 Å². The van der Waals surface area contributed by atoms with Gasteiger partial charge in [-0.1, -0.05) is 0 Å². The number of carboxylic acids is 1. The molecule has 1 aliphatic heterocycles. The number of hydrogen-bond donors (Lipinski definition) is 2. The van der Waals surface area contributed by atoms with Crippen molar-refractivity contribution >= 4 is 27.8 Å². The van der Waals surface area contributed by atoms with Gasteiger partial charge >= 0.3 is 12.1 Å². The van der Waals surface area contributed by atoms with E-state index in [2.05, 4.69) is 10.1 Å². The lowest BCUT2D eigenvalue weighted by molar-refractivity contribution is -0.140. The van der Waals surface area contributed by atoms with E-state index in [0.29, 0.717) is 18.5 Å². The molecule has 1 aliphatic rings. The summed E-state index contributed by atoms with van der Waals surface area (Å²) in [4.78, 5) is 22.2. The third-order valence-electron chi connectivity index (χ3n) is 3.38. The first-order chi connectivity index (χ1) is 10.4. The number of sulfonamides is 1. The van der Waals surface area contributed by atoms with Crippen LogP contribution in [0.25, 0.3) is 0 Å². The Morgan fingerprint density at radius 2 is 1.95 bits per heavy atom. The van der Waals surface area contributed by atoms with E-state index in [4.69, 9.17) is 5.11 Å². The minimum absolute atomic E-state index is 0.0175. The lowest BCUT2D eigenvalue weighted by atomic mass is 10.2. The maximum atomic E-state index is 12.5. The summed E-state index contributed by atoms with van der Waals surface area (Å²) in [5.74, 6) is -1.15. The SMILES string of the molecule is COC(=O)Nc1ccc(S(=O)(=O)N2CCC[C@@H]2C(=O)O)cc1. The molecule has 1 atom stereocenters. The zero-order chi connectivity index (χ0) is 16.3. The second-order valence-corrected chi connectivity index (χ2v) is 6.64. The van der Waals surface area contributed by atoms with Gasteiger partial charge in [0.15, 0.2) is 0 Å². The Bertz CT molecular complexity index is 670. The molecule has 1 fully saturated rings. The number of nitrogens with zero attached hydrogens (tertiary/aromatic N) is 1. The molecular formula is C13H16N2O6S. The molecule has 1 heterocycles. The number of carbonyl (C=O) groups excluding carboxylic acids is 1. The zero-order valence-corrected chi connectivity index (χ0v) is 12.7. The number of anilines is 1. The number of methoxy groups -OCH3 is 1. The Labute approximate surface area is 127 Å². The number of carboxylic acid groups (broad SMARTS) is 1. The molecule has 0 bridgehead atoms. The van der Waals surface area contributed by atoms with Crippen molar-refractivity contribution in [1.82, 2.24) is 4.31 Å². The smallest absolute Gasteiger partial charge is 0.411 e. The van der Waals surface area contributed by atoms with Gasteiger partial charge in [0.1, 0.15) is 6.04 Å². The number of benzene rings is 1. The fourth-order valence-corrected chi connectivity index (χ4v) is 3.94. The van der Waals surface area contributed by atoms with Crippen LogP contribution in [0.3, 0.4) is 0 Å². The highest BCUT2D eigenvalue weighted by Gasteiger charge is 2.39. The van der Waals surface area contributed by atoms with Gasteiger partial charge in [-0.05, 0) is 37.1 Å². The van der Waals surface area contributed by atoms with Gasteiger partial charge in [-0.15, -0.1) is 0 Å². The van der Waals surface area contributed by atoms with Crippen molar-refractivity contribution in [2.45, 2.75) is 23.8 Å². The summed E-state index contributed by atoms with van der Waals surface area (Å²) >= 11 is 0. The van der Waals surface area contributed by atoms with Gasteiger partial charge in [0.05, 0.1) is 12.0 Å². The third-order valence-corrected chi connectivity index (χ3v) is 5.30. The molecular weight excluding hydrogens is 312 g/mol. The fourth-order valence-electron chi connectivity index (χ4n) is 2.29. The monoisotopic (exact) mass is 328 g/mol. The van der Waals surface area contributed by atoms with Crippen molar-refractivity contribution in [3.05, 3.63) is 24.3 Å². The molecule has 1 amide bonds. The fraction of sp³-hybridized carbons (Fsp3) is 0.385. The molecule has 1 saturated heterocycles. The quantitative estimate of drug-likeness (QED) is 0.856. The molecule has 0 spiro atoms. The number of carbonyl (C=O) groups is 2. The van der Waals surface area contributed by atoms with Crippen molar-refractivity contribution in [2.24, 2.45) is 0 Å². The number of aliphatic carboxylic acids is 1. The third kappa shape index (κ3) is 3.20. The van der Waals surface area contributed by atoms with E-state index in [1.54, 1.807) is 0 Å². The second kappa shape index (κ2) is 6.32. The van der Waals surface area contributed by atoms with E-state index in [-0.39, 0.29) is 11.4 Å². The first kappa shape index (κ1) is 16.2. The molecule has 1 aromatic carbocycles. The molecule has 0 aliphatic carbocycles. The van der Waals surface area contributed by atoms with Gasteiger partial charge in [0.2, 0.25) is 10.0 Å². The lowest BCUT2D eigenvalue weighted by Crippen LogP contribution is -2.40. The van der Waals surface area contributed by atoms with E-state index < -0.39 is 28.1 Å². The zero-order valence-electron chi connectivity index (χ0n) is 11.9. The van der Waals surface area contributed by atoms with E-state index >= 15 is 0 Å². The summed E-state index contributed by atoms with van der Waals surface area (Å²) in [7, 11) is -2.66. The average Bonchev–Trinajstić information content (AvgIpc) is 2.98. The average molecular weight is 328 g/mol. The van der Waals surface area contributed by atoms with Crippen LogP contribution in [0.5, 0.6) is 0 Å². The summed E-state index contributed by atoms with van der Waals surface area (Å²) in [5, 5.41) is 11.5. The number of hydrogen-bond acceptors (Lipinski definition) is 5. The Hall–Kier alpha value is -2.13. The van der Waals surface area contributed by atoms with Crippen LogP contribution in [0.4, 0.5) is 10.5 Å². The molecule has 0 radical (unpaired) electrons.